The maximum atomic E-state index is 13.5. The first-order valence-corrected chi connectivity index (χ1v) is 10.2. The summed E-state index contributed by atoms with van der Waals surface area (Å²) in [7, 11) is 1.60. The third-order valence-electron chi connectivity index (χ3n) is 4.59. The summed E-state index contributed by atoms with van der Waals surface area (Å²) in [4.78, 5) is 16.8. The Labute approximate surface area is 186 Å². The van der Waals surface area contributed by atoms with Crippen molar-refractivity contribution in [2.75, 3.05) is 7.11 Å². The Balaban J connectivity index is 1.44. The molecule has 0 saturated carbocycles. The van der Waals surface area contributed by atoms with E-state index in [0.29, 0.717) is 28.1 Å². The SMILES string of the molecule is COc1cccc(CNC(=O)Cn2cccc2-c2nc(-c3ccc(F)c(Br)c3)no2)c1. The van der Waals surface area contributed by atoms with Crippen molar-refractivity contribution in [3.05, 3.63) is 76.6 Å². The molecule has 1 amide bonds. The van der Waals surface area contributed by atoms with E-state index in [0.717, 1.165) is 11.3 Å². The van der Waals surface area contributed by atoms with Crippen molar-refractivity contribution in [1.29, 1.82) is 0 Å². The van der Waals surface area contributed by atoms with Gasteiger partial charge in [0.15, 0.2) is 0 Å². The predicted octanol–water partition coefficient (Wildman–Crippen LogP) is 4.43. The van der Waals surface area contributed by atoms with Crippen LogP contribution in [0, 0.1) is 5.82 Å². The van der Waals surface area contributed by atoms with Crippen molar-refractivity contribution in [2.24, 2.45) is 0 Å². The number of nitrogens with zero attached hydrogens (tertiary/aromatic N) is 3. The summed E-state index contributed by atoms with van der Waals surface area (Å²) in [5, 5.41) is 6.86. The predicted molar refractivity (Wildman–Crippen MR) is 116 cm³/mol. The molecule has 0 bridgehead atoms. The highest BCUT2D eigenvalue weighted by atomic mass is 79.9. The van der Waals surface area contributed by atoms with Gasteiger partial charge >= 0.3 is 0 Å². The van der Waals surface area contributed by atoms with Gasteiger partial charge in [-0.2, -0.15) is 4.98 Å². The molecule has 0 aliphatic heterocycles. The smallest absolute Gasteiger partial charge is 0.274 e. The molecule has 2 heterocycles. The summed E-state index contributed by atoms with van der Waals surface area (Å²) < 4.78 is 26.1. The Kier molecular flexibility index (Phi) is 6.13. The number of nitrogens with one attached hydrogen (secondary N) is 1. The molecule has 0 saturated heterocycles. The number of carbonyl (C=O) groups excluding carboxylic acids is 1. The molecule has 4 rings (SSSR count). The number of hydrogen-bond acceptors (Lipinski definition) is 5. The number of halogens is 2. The first-order chi connectivity index (χ1) is 15.0. The van der Waals surface area contributed by atoms with Crippen LogP contribution in [-0.4, -0.2) is 27.7 Å². The van der Waals surface area contributed by atoms with Gasteiger partial charge in [-0.05, 0) is 64.0 Å². The molecule has 0 aliphatic rings. The van der Waals surface area contributed by atoms with E-state index in [4.69, 9.17) is 9.26 Å². The van der Waals surface area contributed by atoms with Crippen LogP contribution in [0.4, 0.5) is 4.39 Å². The standard InChI is InChI=1S/C22H18BrFN4O3/c1-30-16-5-2-4-14(10-16)12-25-20(29)13-28-9-3-6-19(28)22-26-21(27-31-22)15-7-8-18(24)17(23)11-15/h2-11H,12-13H2,1H3,(H,25,29). The largest absolute Gasteiger partial charge is 0.497 e. The molecule has 0 fully saturated rings. The van der Waals surface area contributed by atoms with Crippen molar-refractivity contribution < 1.29 is 18.4 Å². The molecule has 0 radical (unpaired) electrons. The highest BCUT2D eigenvalue weighted by Crippen LogP contribution is 2.26. The number of benzene rings is 2. The number of rotatable bonds is 7. The van der Waals surface area contributed by atoms with E-state index in [1.165, 1.54) is 6.07 Å². The van der Waals surface area contributed by atoms with Gasteiger partial charge in [0.05, 0.1) is 11.6 Å². The number of amides is 1. The maximum absolute atomic E-state index is 13.5. The zero-order valence-corrected chi connectivity index (χ0v) is 18.1. The quantitative estimate of drug-likeness (QED) is 0.419. The Bertz CT molecular complexity index is 1220. The van der Waals surface area contributed by atoms with Gasteiger partial charge in [-0.25, -0.2) is 4.39 Å². The fourth-order valence-corrected chi connectivity index (χ4v) is 3.40. The van der Waals surface area contributed by atoms with E-state index in [2.05, 4.69) is 31.4 Å². The fraction of sp³-hybridized carbons (Fsp3) is 0.136. The summed E-state index contributed by atoms with van der Waals surface area (Å²) in [5.41, 5.74) is 2.15. The molecule has 7 nitrogen and oxygen atoms in total. The lowest BCUT2D eigenvalue weighted by Gasteiger charge is -2.09. The average Bonchev–Trinajstić information content (AvgIpc) is 3.44. The van der Waals surface area contributed by atoms with Crippen LogP contribution in [0.15, 0.2) is 69.8 Å². The molecule has 158 valence electrons. The zero-order chi connectivity index (χ0) is 21.8. The summed E-state index contributed by atoms with van der Waals surface area (Å²) in [6.07, 6.45) is 1.76. The lowest BCUT2D eigenvalue weighted by molar-refractivity contribution is -0.121. The van der Waals surface area contributed by atoms with Crippen molar-refractivity contribution in [1.82, 2.24) is 20.0 Å². The van der Waals surface area contributed by atoms with Gasteiger partial charge in [-0.15, -0.1) is 0 Å². The zero-order valence-electron chi connectivity index (χ0n) is 16.5. The third-order valence-corrected chi connectivity index (χ3v) is 5.20. The van der Waals surface area contributed by atoms with Gasteiger partial charge in [0, 0.05) is 18.3 Å². The second-order valence-electron chi connectivity index (χ2n) is 6.70. The van der Waals surface area contributed by atoms with Gasteiger partial charge in [0.25, 0.3) is 5.89 Å². The molecule has 0 unspecified atom stereocenters. The fourth-order valence-electron chi connectivity index (χ4n) is 3.02. The Morgan fingerprint density at radius 3 is 2.90 bits per heavy atom. The normalized spacial score (nSPS) is 10.8. The van der Waals surface area contributed by atoms with Crippen LogP contribution >= 0.6 is 15.9 Å². The van der Waals surface area contributed by atoms with Crippen LogP contribution in [0.2, 0.25) is 0 Å². The molecule has 0 aliphatic carbocycles. The Hall–Kier alpha value is -3.46. The molecule has 0 spiro atoms. The van der Waals surface area contributed by atoms with E-state index in [-0.39, 0.29) is 24.2 Å². The summed E-state index contributed by atoms with van der Waals surface area (Å²) in [6, 6.07) is 15.6. The van der Waals surface area contributed by atoms with Crippen LogP contribution in [-0.2, 0) is 17.9 Å². The summed E-state index contributed by atoms with van der Waals surface area (Å²) in [6.45, 7) is 0.475. The number of methoxy groups -OCH3 is 1. The highest BCUT2D eigenvalue weighted by Gasteiger charge is 2.16. The minimum atomic E-state index is -0.374. The molecular weight excluding hydrogens is 467 g/mol. The lowest BCUT2D eigenvalue weighted by atomic mass is 10.2. The van der Waals surface area contributed by atoms with Crippen LogP contribution < -0.4 is 10.1 Å². The minimum Gasteiger partial charge on any atom is -0.497 e. The molecule has 0 atom stereocenters. The molecule has 2 aromatic heterocycles. The van der Waals surface area contributed by atoms with E-state index >= 15 is 0 Å². The maximum Gasteiger partial charge on any atom is 0.274 e. The van der Waals surface area contributed by atoms with Crippen LogP contribution in [0.5, 0.6) is 5.75 Å². The van der Waals surface area contributed by atoms with Crippen LogP contribution in [0.3, 0.4) is 0 Å². The van der Waals surface area contributed by atoms with E-state index in [1.807, 2.05) is 24.3 Å². The third kappa shape index (κ3) is 4.83. The van der Waals surface area contributed by atoms with E-state index in [9.17, 15) is 9.18 Å². The summed E-state index contributed by atoms with van der Waals surface area (Å²) in [5.74, 6) is 0.788. The lowest BCUT2D eigenvalue weighted by Crippen LogP contribution is -2.27. The van der Waals surface area contributed by atoms with Gasteiger partial charge in [-0.1, -0.05) is 17.3 Å². The van der Waals surface area contributed by atoms with Crippen molar-refractivity contribution in [2.45, 2.75) is 13.1 Å². The second-order valence-corrected chi connectivity index (χ2v) is 7.56. The first kappa shape index (κ1) is 20.8. The van der Waals surface area contributed by atoms with Gasteiger partial charge in [-0.3, -0.25) is 4.79 Å². The van der Waals surface area contributed by atoms with Gasteiger partial charge in [0.2, 0.25) is 11.7 Å². The average molecular weight is 485 g/mol. The number of hydrogen-bond donors (Lipinski definition) is 1. The van der Waals surface area contributed by atoms with Gasteiger partial charge < -0.3 is 19.1 Å². The number of aromatic nitrogens is 3. The molecular formula is C22H18BrFN4O3. The number of ether oxygens (including phenoxy) is 1. The van der Waals surface area contributed by atoms with Gasteiger partial charge in [0.1, 0.15) is 23.8 Å². The minimum absolute atomic E-state index is 0.0894. The van der Waals surface area contributed by atoms with E-state index in [1.54, 1.807) is 42.1 Å². The van der Waals surface area contributed by atoms with Crippen molar-refractivity contribution in [3.63, 3.8) is 0 Å². The Morgan fingerprint density at radius 1 is 1.23 bits per heavy atom. The molecule has 4 aromatic rings. The number of carbonyl (C=O) groups is 1. The molecule has 1 N–H and O–H groups in total. The monoisotopic (exact) mass is 484 g/mol. The van der Waals surface area contributed by atoms with Crippen molar-refractivity contribution in [3.8, 4) is 28.7 Å². The molecule has 31 heavy (non-hydrogen) atoms. The van der Waals surface area contributed by atoms with E-state index < -0.39 is 0 Å². The second kappa shape index (κ2) is 9.13. The Morgan fingerprint density at radius 2 is 2.10 bits per heavy atom. The molecule has 2 aromatic carbocycles. The topological polar surface area (TPSA) is 82.2 Å². The van der Waals surface area contributed by atoms with Crippen LogP contribution in [0.25, 0.3) is 23.0 Å². The summed E-state index contributed by atoms with van der Waals surface area (Å²) >= 11 is 3.15. The van der Waals surface area contributed by atoms with Crippen molar-refractivity contribution >= 4 is 21.8 Å². The highest BCUT2D eigenvalue weighted by molar-refractivity contribution is 9.10. The first-order valence-electron chi connectivity index (χ1n) is 9.38. The van der Waals surface area contributed by atoms with Crippen LogP contribution in [0.1, 0.15) is 5.56 Å². The molecule has 9 heteroatoms.